The van der Waals surface area contributed by atoms with Gasteiger partial charge >= 0.3 is 5.97 Å². The average Bonchev–Trinajstić information content (AvgIpc) is 3.29. The van der Waals surface area contributed by atoms with Gasteiger partial charge in [0.05, 0.1) is 13.2 Å². The van der Waals surface area contributed by atoms with Crippen molar-refractivity contribution in [3.63, 3.8) is 0 Å². The number of benzene rings is 1. The zero-order valence-electron chi connectivity index (χ0n) is 18.0. The van der Waals surface area contributed by atoms with Gasteiger partial charge in [0.1, 0.15) is 5.69 Å². The average molecular weight is 406 g/mol. The standard InChI is InChI=1S/C22H26N6O2/c1-7-17-19(23-5)18(20(27(17)6)22(29)30-8-2)15-9-11-16(12-10-15)21-24-25-26-28(21)13-14(3)4/h9-12,14H,7-8,13H2,1-4,6H3. The zero-order valence-corrected chi connectivity index (χ0v) is 18.0. The molecule has 8 nitrogen and oxygen atoms in total. The molecule has 0 amide bonds. The fourth-order valence-corrected chi connectivity index (χ4v) is 3.62. The molecule has 0 atom stereocenters. The third-order valence-electron chi connectivity index (χ3n) is 4.90. The van der Waals surface area contributed by atoms with Gasteiger partial charge in [-0.2, -0.15) is 0 Å². The summed E-state index contributed by atoms with van der Waals surface area (Å²) in [5.74, 6) is 0.676. The Balaban J connectivity index is 2.10. The highest BCUT2D eigenvalue weighted by molar-refractivity contribution is 6.01. The van der Waals surface area contributed by atoms with Gasteiger partial charge in [-0.15, -0.1) is 5.10 Å². The lowest BCUT2D eigenvalue weighted by Gasteiger charge is -2.10. The first-order valence-corrected chi connectivity index (χ1v) is 10.1. The topological polar surface area (TPSA) is 79.2 Å². The molecule has 0 aliphatic carbocycles. The van der Waals surface area contributed by atoms with Crippen LogP contribution in [0.3, 0.4) is 0 Å². The maximum atomic E-state index is 12.7. The Hall–Kier alpha value is -3.47. The molecular formula is C22H26N6O2. The van der Waals surface area contributed by atoms with Crippen LogP contribution in [-0.2, 0) is 24.8 Å². The highest BCUT2D eigenvalue weighted by Gasteiger charge is 2.27. The summed E-state index contributed by atoms with van der Waals surface area (Å²) >= 11 is 0. The van der Waals surface area contributed by atoms with E-state index in [1.165, 1.54) is 0 Å². The van der Waals surface area contributed by atoms with Crippen LogP contribution in [0.25, 0.3) is 27.4 Å². The fraction of sp³-hybridized carbons (Fsp3) is 0.409. The van der Waals surface area contributed by atoms with Crippen LogP contribution < -0.4 is 0 Å². The SMILES string of the molecule is [C-]#[N+]c1c(-c2ccc(-c3nnnn3CC(C)C)cc2)c(C(=O)OCC)n(C)c1CC. The van der Waals surface area contributed by atoms with Crippen LogP contribution in [0.2, 0.25) is 0 Å². The largest absolute Gasteiger partial charge is 0.461 e. The first-order valence-electron chi connectivity index (χ1n) is 10.1. The molecule has 0 fully saturated rings. The van der Waals surface area contributed by atoms with Crippen molar-refractivity contribution in [2.75, 3.05) is 6.61 Å². The minimum absolute atomic E-state index is 0.274. The van der Waals surface area contributed by atoms with Gasteiger partial charge in [-0.1, -0.05) is 45.0 Å². The number of rotatable bonds is 7. The van der Waals surface area contributed by atoms with Gasteiger partial charge < -0.3 is 9.30 Å². The van der Waals surface area contributed by atoms with Crippen molar-refractivity contribution in [2.45, 2.75) is 40.7 Å². The minimum atomic E-state index is -0.426. The van der Waals surface area contributed by atoms with Crippen molar-refractivity contribution in [1.29, 1.82) is 0 Å². The predicted octanol–water partition coefficient (Wildman–Crippen LogP) is 4.29. The number of esters is 1. The van der Waals surface area contributed by atoms with Gasteiger partial charge in [-0.3, -0.25) is 0 Å². The normalized spacial score (nSPS) is 11.0. The molecule has 156 valence electrons. The van der Waals surface area contributed by atoms with E-state index in [0.29, 0.717) is 35.1 Å². The van der Waals surface area contributed by atoms with Crippen molar-refractivity contribution >= 4 is 11.7 Å². The van der Waals surface area contributed by atoms with Crippen LogP contribution in [0.15, 0.2) is 24.3 Å². The summed E-state index contributed by atoms with van der Waals surface area (Å²) in [6.07, 6.45) is 0.642. The van der Waals surface area contributed by atoms with Crippen LogP contribution in [0.4, 0.5) is 5.69 Å². The summed E-state index contributed by atoms with van der Waals surface area (Å²) in [6, 6.07) is 7.63. The lowest BCUT2D eigenvalue weighted by molar-refractivity contribution is 0.0516. The molecule has 0 bridgehead atoms. The van der Waals surface area contributed by atoms with Crippen molar-refractivity contribution < 1.29 is 9.53 Å². The Kier molecular flexibility index (Phi) is 6.31. The number of nitrogens with zero attached hydrogens (tertiary/aromatic N) is 6. The summed E-state index contributed by atoms with van der Waals surface area (Å²) in [5, 5.41) is 12.0. The van der Waals surface area contributed by atoms with E-state index in [9.17, 15) is 4.79 Å². The maximum absolute atomic E-state index is 12.7. The highest BCUT2D eigenvalue weighted by Crippen LogP contribution is 2.40. The lowest BCUT2D eigenvalue weighted by Crippen LogP contribution is -2.12. The van der Waals surface area contributed by atoms with Crippen molar-refractivity contribution in [3.05, 3.63) is 47.1 Å². The summed E-state index contributed by atoms with van der Waals surface area (Å²) < 4.78 is 8.83. The maximum Gasteiger partial charge on any atom is 0.354 e. The number of hydrogen-bond acceptors (Lipinski definition) is 5. The van der Waals surface area contributed by atoms with Crippen LogP contribution in [0, 0.1) is 12.5 Å². The Bertz CT molecular complexity index is 1090. The van der Waals surface area contributed by atoms with E-state index in [2.05, 4.69) is 34.2 Å². The van der Waals surface area contributed by atoms with E-state index >= 15 is 0 Å². The van der Waals surface area contributed by atoms with Crippen LogP contribution in [0.5, 0.6) is 0 Å². The zero-order chi connectivity index (χ0) is 21.8. The monoisotopic (exact) mass is 406 g/mol. The van der Waals surface area contributed by atoms with Crippen LogP contribution in [-0.4, -0.2) is 37.4 Å². The van der Waals surface area contributed by atoms with Crippen LogP contribution >= 0.6 is 0 Å². The summed E-state index contributed by atoms with van der Waals surface area (Å²) in [5.41, 5.74) is 3.96. The molecule has 2 heterocycles. The van der Waals surface area contributed by atoms with Crippen molar-refractivity contribution in [1.82, 2.24) is 24.8 Å². The molecule has 1 aromatic carbocycles. The van der Waals surface area contributed by atoms with Crippen molar-refractivity contribution in [3.8, 4) is 22.5 Å². The Morgan fingerprint density at radius 1 is 1.20 bits per heavy atom. The second kappa shape index (κ2) is 8.91. The summed E-state index contributed by atoms with van der Waals surface area (Å²) in [4.78, 5) is 16.4. The molecule has 0 spiro atoms. The molecule has 3 rings (SSSR count). The second-order valence-electron chi connectivity index (χ2n) is 7.42. The quantitative estimate of drug-likeness (QED) is 0.432. The number of aromatic nitrogens is 5. The van der Waals surface area contributed by atoms with Gasteiger partial charge in [0.15, 0.2) is 5.82 Å². The molecule has 0 radical (unpaired) electrons. The fourth-order valence-electron chi connectivity index (χ4n) is 3.62. The van der Waals surface area contributed by atoms with E-state index in [4.69, 9.17) is 11.3 Å². The Labute approximate surface area is 176 Å². The van der Waals surface area contributed by atoms with E-state index in [-0.39, 0.29) is 6.61 Å². The van der Waals surface area contributed by atoms with Gasteiger partial charge in [0.2, 0.25) is 5.69 Å². The van der Waals surface area contributed by atoms with E-state index in [1.807, 2.05) is 31.2 Å². The molecule has 0 saturated heterocycles. The Morgan fingerprint density at radius 2 is 1.87 bits per heavy atom. The van der Waals surface area contributed by atoms with Gasteiger partial charge in [-0.05, 0) is 35.3 Å². The third-order valence-corrected chi connectivity index (χ3v) is 4.90. The van der Waals surface area contributed by atoms with Gasteiger partial charge in [0, 0.05) is 30.4 Å². The van der Waals surface area contributed by atoms with Gasteiger partial charge in [0.25, 0.3) is 0 Å². The smallest absolute Gasteiger partial charge is 0.354 e. The van der Waals surface area contributed by atoms with E-state index in [0.717, 1.165) is 23.4 Å². The molecule has 3 aromatic rings. The molecule has 0 N–H and O–H groups in total. The van der Waals surface area contributed by atoms with E-state index in [1.54, 1.807) is 23.2 Å². The highest BCUT2D eigenvalue weighted by atomic mass is 16.5. The molecule has 0 saturated carbocycles. The molecule has 30 heavy (non-hydrogen) atoms. The Morgan fingerprint density at radius 3 is 2.43 bits per heavy atom. The first-order chi connectivity index (χ1) is 14.4. The minimum Gasteiger partial charge on any atom is -0.461 e. The number of hydrogen-bond donors (Lipinski definition) is 0. The van der Waals surface area contributed by atoms with E-state index < -0.39 is 5.97 Å². The lowest BCUT2D eigenvalue weighted by atomic mass is 10.0. The number of carbonyl (C=O) groups is 1. The first kappa shape index (κ1) is 21.2. The predicted molar refractivity (Wildman–Crippen MR) is 114 cm³/mol. The number of carbonyl (C=O) groups excluding carboxylic acids is 1. The summed E-state index contributed by atoms with van der Waals surface area (Å²) in [6.45, 7) is 16.7. The number of ether oxygens (including phenoxy) is 1. The molecule has 0 unspecified atom stereocenters. The molecule has 0 aliphatic heterocycles. The molecule has 0 aliphatic rings. The molecule has 2 aromatic heterocycles. The number of tetrazole rings is 1. The molecular weight excluding hydrogens is 380 g/mol. The second-order valence-corrected chi connectivity index (χ2v) is 7.42. The third kappa shape index (κ3) is 3.83. The van der Waals surface area contributed by atoms with Crippen LogP contribution in [0.1, 0.15) is 43.9 Å². The molecule has 8 heteroatoms. The summed E-state index contributed by atoms with van der Waals surface area (Å²) in [7, 11) is 1.80. The van der Waals surface area contributed by atoms with Gasteiger partial charge in [-0.25, -0.2) is 14.3 Å². The van der Waals surface area contributed by atoms with Crippen molar-refractivity contribution in [2.24, 2.45) is 13.0 Å².